The van der Waals surface area contributed by atoms with Crippen molar-refractivity contribution in [3.63, 3.8) is 0 Å². The minimum Gasteiger partial charge on any atom is -0.633 e. The molecule has 2 heterocycles. The van der Waals surface area contributed by atoms with E-state index < -0.39 is 5.54 Å². The summed E-state index contributed by atoms with van der Waals surface area (Å²) in [7, 11) is 1.77. The third-order valence-corrected chi connectivity index (χ3v) is 8.65. The van der Waals surface area contributed by atoms with E-state index in [1.807, 2.05) is 36.1 Å². The number of hydrogen-bond acceptors (Lipinski definition) is 3. The zero-order chi connectivity index (χ0) is 25.9. The van der Waals surface area contributed by atoms with Crippen molar-refractivity contribution in [2.24, 2.45) is 0 Å². The molecule has 1 N–H and O–H groups in total. The molecule has 0 radical (unpaired) electrons. The smallest absolute Gasteiger partial charge is 0.317 e. The Morgan fingerprint density at radius 3 is 2.50 bits per heavy atom. The Bertz CT molecular complexity index is 1090. The van der Waals surface area contributed by atoms with Crippen molar-refractivity contribution < 1.29 is 14.2 Å². The van der Waals surface area contributed by atoms with E-state index in [2.05, 4.69) is 5.32 Å². The molecule has 0 bridgehead atoms. The number of carbonyl (C=O) groups excluding carboxylic acids is 2. The summed E-state index contributed by atoms with van der Waals surface area (Å²) < 4.78 is -0.337. The van der Waals surface area contributed by atoms with Gasteiger partial charge in [-0.15, -0.1) is 0 Å². The monoisotopic (exact) mass is 532 g/mol. The van der Waals surface area contributed by atoms with E-state index in [9.17, 15) is 14.8 Å². The van der Waals surface area contributed by atoms with Crippen molar-refractivity contribution in [3.05, 3.63) is 74.9 Å². The molecule has 9 heteroatoms. The Kier molecular flexibility index (Phi) is 8.15. The van der Waals surface area contributed by atoms with Crippen molar-refractivity contribution in [2.45, 2.75) is 44.2 Å². The zero-order valence-electron chi connectivity index (χ0n) is 20.9. The molecule has 2 aliphatic rings. The molecule has 194 valence electrons. The van der Waals surface area contributed by atoms with Crippen LogP contribution in [0.1, 0.15) is 48.5 Å². The van der Waals surface area contributed by atoms with Crippen LogP contribution in [-0.4, -0.2) is 72.2 Å². The highest BCUT2D eigenvalue weighted by Crippen LogP contribution is 2.37. The fourth-order valence-electron chi connectivity index (χ4n) is 5.31. The first kappa shape index (κ1) is 26.7. The number of hydrogen-bond donors (Lipinski definition) is 1. The Balaban J connectivity index is 1.52. The average molecular weight is 534 g/mol. The molecule has 2 aromatic rings. The molecule has 3 amide bonds. The van der Waals surface area contributed by atoms with Gasteiger partial charge in [0.1, 0.15) is 0 Å². The highest BCUT2D eigenvalue weighted by atomic mass is 35.5. The van der Waals surface area contributed by atoms with Crippen molar-refractivity contribution in [3.8, 4) is 0 Å². The molecule has 0 aromatic heterocycles. The summed E-state index contributed by atoms with van der Waals surface area (Å²) in [6.45, 7) is 4.68. The molecule has 0 unspecified atom stereocenters. The largest absolute Gasteiger partial charge is 0.633 e. The van der Waals surface area contributed by atoms with Gasteiger partial charge in [-0.1, -0.05) is 47.5 Å². The molecule has 7 nitrogen and oxygen atoms in total. The Morgan fingerprint density at radius 2 is 1.86 bits per heavy atom. The average Bonchev–Trinajstić information content (AvgIpc) is 2.89. The second-order valence-electron chi connectivity index (χ2n) is 10.1. The summed E-state index contributed by atoms with van der Waals surface area (Å²) >= 11 is 12.5. The molecule has 36 heavy (non-hydrogen) atoms. The maximum absolute atomic E-state index is 13.8. The standard InChI is InChI=1S/C27H34Cl2N4O3/c1-27(21-9-10-23(28)24(29)19-21,31(2)25(34)20-7-4-3-5-8-20)13-18-33(36)16-11-22(12-17-33)32-15-6-14-30-26(32)35/h3-5,7-10,19,22H,6,11-18H2,1-2H3,(H,30,35)/t22?,27-,33?/m0/s1. The van der Waals surface area contributed by atoms with Gasteiger partial charge >= 0.3 is 6.03 Å². The second-order valence-corrected chi connectivity index (χ2v) is 10.9. The summed E-state index contributed by atoms with van der Waals surface area (Å²) in [5, 5.41) is 17.5. The first-order valence-electron chi connectivity index (χ1n) is 12.5. The number of rotatable bonds is 7. The van der Waals surface area contributed by atoms with Crippen LogP contribution in [0.3, 0.4) is 0 Å². The van der Waals surface area contributed by atoms with Crippen LogP contribution in [0, 0.1) is 5.21 Å². The number of nitrogens with one attached hydrogen (secondary N) is 1. The number of likely N-dealkylation sites (tertiary alicyclic amines) is 1. The van der Waals surface area contributed by atoms with Crippen LogP contribution in [0.2, 0.25) is 10.0 Å². The second kappa shape index (κ2) is 11.0. The van der Waals surface area contributed by atoms with E-state index >= 15 is 0 Å². The molecule has 2 fully saturated rings. The van der Waals surface area contributed by atoms with Crippen molar-refractivity contribution in [1.29, 1.82) is 0 Å². The van der Waals surface area contributed by atoms with Gasteiger partial charge in [0.25, 0.3) is 5.91 Å². The highest BCUT2D eigenvalue weighted by molar-refractivity contribution is 6.42. The van der Waals surface area contributed by atoms with Gasteiger partial charge in [0, 0.05) is 51.0 Å². The number of quaternary nitrogens is 1. The molecule has 1 atom stereocenters. The first-order chi connectivity index (χ1) is 17.1. The number of urea groups is 1. The lowest BCUT2D eigenvalue weighted by Crippen LogP contribution is -2.58. The predicted octanol–water partition coefficient (Wildman–Crippen LogP) is 5.26. The maximum atomic E-state index is 13.8. The molecule has 2 saturated heterocycles. The zero-order valence-corrected chi connectivity index (χ0v) is 22.4. The van der Waals surface area contributed by atoms with Crippen molar-refractivity contribution in [1.82, 2.24) is 15.1 Å². The quantitative estimate of drug-likeness (QED) is 0.390. The minimum absolute atomic E-state index is 0.0228. The number of piperidine rings is 1. The molecule has 4 rings (SSSR count). The van der Waals surface area contributed by atoms with Gasteiger partial charge in [0.15, 0.2) is 0 Å². The van der Waals surface area contributed by atoms with Gasteiger partial charge in [0.05, 0.1) is 35.2 Å². The van der Waals surface area contributed by atoms with E-state index in [-0.39, 0.29) is 22.6 Å². The fraction of sp³-hybridized carbons (Fsp3) is 0.481. The van der Waals surface area contributed by atoms with Crippen LogP contribution in [0.5, 0.6) is 0 Å². The SMILES string of the molecule is CN(C(=O)c1ccccc1)[C@@](C)(CC[N+]1([O-])CCC(N2CCCNC2=O)CC1)c1ccc(Cl)c(Cl)c1. The number of halogens is 2. The summed E-state index contributed by atoms with van der Waals surface area (Å²) in [6, 6.07) is 14.6. The lowest BCUT2D eigenvalue weighted by atomic mass is 9.85. The number of hydroxylamine groups is 3. The van der Waals surface area contributed by atoms with Gasteiger partial charge in [-0.05, 0) is 43.2 Å². The van der Waals surface area contributed by atoms with Gasteiger partial charge in [-0.25, -0.2) is 4.79 Å². The van der Waals surface area contributed by atoms with Crippen LogP contribution in [0.25, 0.3) is 0 Å². The fourth-order valence-corrected chi connectivity index (χ4v) is 5.61. The lowest BCUT2D eigenvalue weighted by Gasteiger charge is -2.51. The summed E-state index contributed by atoms with van der Waals surface area (Å²) in [6.07, 6.45) is 2.75. The topological polar surface area (TPSA) is 75.7 Å². The molecule has 0 aliphatic carbocycles. The van der Waals surface area contributed by atoms with E-state index in [0.717, 1.165) is 18.5 Å². The highest BCUT2D eigenvalue weighted by Gasteiger charge is 2.39. The molecule has 2 aliphatic heterocycles. The van der Waals surface area contributed by atoms with E-state index in [0.29, 0.717) is 61.1 Å². The van der Waals surface area contributed by atoms with E-state index in [1.165, 1.54) is 0 Å². The predicted molar refractivity (Wildman–Crippen MR) is 143 cm³/mol. The Hall–Kier alpha value is -2.32. The van der Waals surface area contributed by atoms with Gasteiger partial charge in [-0.2, -0.15) is 0 Å². The molecule has 2 aromatic carbocycles. The summed E-state index contributed by atoms with van der Waals surface area (Å²) in [5.74, 6) is -0.128. The van der Waals surface area contributed by atoms with E-state index in [4.69, 9.17) is 23.2 Å². The molecule has 0 saturated carbocycles. The summed E-state index contributed by atoms with van der Waals surface area (Å²) in [4.78, 5) is 29.3. The Labute approximate surface area is 223 Å². The third-order valence-electron chi connectivity index (χ3n) is 7.91. The van der Waals surface area contributed by atoms with Crippen LogP contribution >= 0.6 is 23.2 Å². The first-order valence-corrected chi connectivity index (χ1v) is 13.3. The number of nitrogens with zero attached hydrogens (tertiary/aromatic N) is 3. The lowest BCUT2D eigenvalue weighted by molar-refractivity contribution is -0.886. The number of carbonyl (C=O) groups is 2. The molecular weight excluding hydrogens is 499 g/mol. The molecular formula is C27H34Cl2N4O3. The third kappa shape index (κ3) is 5.65. The van der Waals surface area contributed by atoms with Crippen LogP contribution in [0.4, 0.5) is 4.79 Å². The number of amides is 3. The Morgan fingerprint density at radius 1 is 1.17 bits per heavy atom. The van der Waals surface area contributed by atoms with Crippen LogP contribution < -0.4 is 5.32 Å². The van der Waals surface area contributed by atoms with Crippen molar-refractivity contribution in [2.75, 3.05) is 39.8 Å². The number of benzene rings is 2. The van der Waals surface area contributed by atoms with E-state index in [1.54, 1.807) is 36.2 Å². The van der Waals surface area contributed by atoms with Gasteiger partial charge in [0.2, 0.25) is 0 Å². The van der Waals surface area contributed by atoms with Crippen LogP contribution in [-0.2, 0) is 5.54 Å². The van der Waals surface area contributed by atoms with Crippen molar-refractivity contribution >= 4 is 35.1 Å². The maximum Gasteiger partial charge on any atom is 0.317 e. The summed E-state index contributed by atoms with van der Waals surface area (Å²) in [5.41, 5.74) is 0.633. The molecule has 0 spiro atoms. The van der Waals surface area contributed by atoms with Gasteiger partial charge < -0.3 is 25.0 Å². The normalized spacial score (nSPS) is 24.1. The minimum atomic E-state index is -0.777. The van der Waals surface area contributed by atoms with Crippen LogP contribution in [0.15, 0.2) is 48.5 Å². The van der Waals surface area contributed by atoms with Gasteiger partial charge in [-0.3, -0.25) is 4.79 Å².